The van der Waals surface area contributed by atoms with E-state index in [0.29, 0.717) is 12.0 Å². The lowest BCUT2D eigenvalue weighted by Crippen LogP contribution is -2.61. The molecule has 1 atom stereocenters. The van der Waals surface area contributed by atoms with Crippen LogP contribution in [0.3, 0.4) is 0 Å². The van der Waals surface area contributed by atoms with Crippen LogP contribution in [0.4, 0.5) is 4.39 Å². The Balaban J connectivity index is 2.06. The van der Waals surface area contributed by atoms with Crippen LogP contribution < -0.4 is 5.32 Å². The Morgan fingerprint density at radius 3 is 2.85 bits per heavy atom. The molecule has 0 bridgehead atoms. The van der Waals surface area contributed by atoms with Crippen molar-refractivity contribution >= 4 is 0 Å². The van der Waals surface area contributed by atoms with Crippen molar-refractivity contribution in [1.29, 1.82) is 0 Å². The maximum atomic E-state index is 13.3. The molecule has 0 amide bonds. The summed E-state index contributed by atoms with van der Waals surface area (Å²) in [5.41, 5.74) is 1.03. The first-order valence-corrected chi connectivity index (χ1v) is 7.44. The van der Waals surface area contributed by atoms with Gasteiger partial charge in [0, 0.05) is 37.4 Å². The van der Waals surface area contributed by atoms with E-state index in [-0.39, 0.29) is 11.4 Å². The molecule has 0 saturated carbocycles. The van der Waals surface area contributed by atoms with Gasteiger partial charge < -0.3 is 5.32 Å². The van der Waals surface area contributed by atoms with Crippen LogP contribution in [0, 0.1) is 11.7 Å². The van der Waals surface area contributed by atoms with Crippen molar-refractivity contribution in [2.75, 3.05) is 13.1 Å². The maximum absolute atomic E-state index is 13.3. The Kier molecular flexibility index (Phi) is 4.76. The van der Waals surface area contributed by atoms with E-state index in [1.807, 2.05) is 0 Å². The lowest BCUT2D eigenvalue weighted by atomic mass is 9.93. The molecule has 0 aliphatic carbocycles. The first-order valence-electron chi connectivity index (χ1n) is 7.44. The summed E-state index contributed by atoms with van der Waals surface area (Å²) in [5, 5.41) is 3.64. The van der Waals surface area contributed by atoms with Crippen LogP contribution in [0.15, 0.2) is 18.5 Å². The summed E-state index contributed by atoms with van der Waals surface area (Å²) in [7, 11) is 0. The maximum Gasteiger partial charge on any atom is 0.141 e. The third-order valence-corrected chi connectivity index (χ3v) is 4.01. The SMILES string of the molecule is CC(C)CC1CN(Cc2cncc(F)c2)C(C)(C)CN1. The fourth-order valence-corrected chi connectivity index (χ4v) is 2.85. The predicted molar refractivity (Wildman–Crippen MR) is 79.9 cm³/mol. The van der Waals surface area contributed by atoms with Gasteiger partial charge in [0.1, 0.15) is 5.82 Å². The molecule has 1 saturated heterocycles. The molecule has 112 valence electrons. The number of rotatable bonds is 4. The summed E-state index contributed by atoms with van der Waals surface area (Å²) >= 11 is 0. The lowest BCUT2D eigenvalue weighted by Gasteiger charge is -2.46. The van der Waals surface area contributed by atoms with Crippen LogP contribution in [0.1, 0.15) is 39.7 Å². The molecule has 1 aliphatic rings. The van der Waals surface area contributed by atoms with Gasteiger partial charge in [-0.1, -0.05) is 13.8 Å². The van der Waals surface area contributed by atoms with Gasteiger partial charge >= 0.3 is 0 Å². The third kappa shape index (κ3) is 4.00. The summed E-state index contributed by atoms with van der Waals surface area (Å²) in [6.45, 7) is 11.7. The monoisotopic (exact) mass is 279 g/mol. The highest BCUT2D eigenvalue weighted by Gasteiger charge is 2.33. The Labute approximate surface area is 121 Å². The molecule has 0 aromatic carbocycles. The fourth-order valence-electron chi connectivity index (χ4n) is 2.85. The summed E-state index contributed by atoms with van der Waals surface area (Å²) in [6, 6.07) is 2.10. The molecule has 1 fully saturated rings. The zero-order chi connectivity index (χ0) is 14.8. The normalized spacial score (nSPS) is 23.2. The summed E-state index contributed by atoms with van der Waals surface area (Å²) in [4.78, 5) is 6.39. The number of nitrogens with zero attached hydrogens (tertiary/aromatic N) is 2. The quantitative estimate of drug-likeness (QED) is 0.918. The van der Waals surface area contributed by atoms with Crippen LogP contribution in [-0.2, 0) is 6.54 Å². The molecular weight excluding hydrogens is 253 g/mol. The van der Waals surface area contributed by atoms with Gasteiger partial charge in [0.15, 0.2) is 0 Å². The smallest absolute Gasteiger partial charge is 0.141 e. The molecule has 3 nitrogen and oxygen atoms in total. The van der Waals surface area contributed by atoms with E-state index in [1.54, 1.807) is 12.3 Å². The zero-order valence-electron chi connectivity index (χ0n) is 13.0. The first-order chi connectivity index (χ1) is 9.37. The van der Waals surface area contributed by atoms with E-state index in [4.69, 9.17) is 0 Å². The second kappa shape index (κ2) is 6.19. The summed E-state index contributed by atoms with van der Waals surface area (Å²) in [6.07, 6.45) is 4.20. The predicted octanol–water partition coefficient (Wildman–Crippen LogP) is 2.82. The van der Waals surface area contributed by atoms with Crippen LogP contribution >= 0.6 is 0 Å². The van der Waals surface area contributed by atoms with Gasteiger partial charge in [-0.2, -0.15) is 0 Å². The highest BCUT2D eigenvalue weighted by Crippen LogP contribution is 2.23. The van der Waals surface area contributed by atoms with E-state index < -0.39 is 0 Å². The van der Waals surface area contributed by atoms with E-state index >= 15 is 0 Å². The Morgan fingerprint density at radius 1 is 1.45 bits per heavy atom. The minimum Gasteiger partial charge on any atom is -0.311 e. The second-order valence-electron chi connectivity index (χ2n) is 6.91. The van der Waals surface area contributed by atoms with Crippen LogP contribution in [0.2, 0.25) is 0 Å². The van der Waals surface area contributed by atoms with Gasteiger partial charge in [0.2, 0.25) is 0 Å². The average molecular weight is 279 g/mol. The average Bonchev–Trinajstić information content (AvgIpc) is 2.33. The van der Waals surface area contributed by atoms with Crippen LogP contribution in [0.25, 0.3) is 0 Å². The Hall–Kier alpha value is -1.00. The molecule has 1 unspecified atom stereocenters. The van der Waals surface area contributed by atoms with Crippen molar-refractivity contribution in [2.45, 2.75) is 52.2 Å². The van der Waals surface area contributed by atoms with Gasteiger partial charge in [0.05, 0.1) is 6.20 Å². The van der Waals surface area contributed by atoms with Gasteiger partial charge in [-0.15, -0.1) is 0 Å². The Bertz CT molecular complexity index is 445. The zero-order valence-corrected chi connectivity index (χ0v) is 13.0. The number of halogens is 1. The fraction of sp³-hybridized carbons (Fsp3) is 0.688. The van der Waals surface area contributed by atoms with Crippen molar-refractivity contribution in [3.8, 4) is 0 Å². The van der Waals surface area contributed by atoms with E-state index in [9.17, 15) is 4.39 Å². The van der Waals surface area contributed by atoms with Gasteiger partial charge in [-0.05, 0) is 37.8 Å². The number of piperazine rings is 1. The van der Waals surface area contributed by atoms with E-state index in [2.05, 4.69) is 42.9 Å². The minimum atomic E-state index is -0.255. The van der Waals surface area contributed by atoms with Crippen molar-refractivity contribution in [3.63, 3.8) is 0 Å². The molecule has 0 radical (unpaired) electrons. The van der Waals surface area contributed by atoms with Crippen molar-refractivity contribution < 1.29 is 4.39 Å². The molecule has 2 heterocycles. The van der Waals surface area contributed by atoms with Crippen LogP contribution in [0.5, 0.6) is 0 Å². The lowest BCUT2D eigenvalue weighted by molar-refractivity contribution is 0.0534. The summed E-state index contributed by atoms with van der Waals surface area (Å²) in [5.74, 6) is 0.431. The number of pyridine rings is 1. The molecule has 1 aromatic heterocycles. The van der Waals surface area contributed by atoms with Gasteiger partial charge in [-0.25, -0.2) is 4.39 Å². The molecule has 1 aliphatic heterocycles. The topological polar surface area (TPSA) is 28.2 Å². The minimum absolute atomic E-state index is 0.0831. The molecule has 1 N–H and O–H groups in total. The van der Waals surface area contributed by atoms with E-state index in [0.717, 1.165) is 25.2 Å². The van der Waals surface area contributed by atoms with Crippen LogP contribution in [-0.4, -0.2) is 34.6 Å². The van der Waals surface area contributed by atoms with Gasteiger partial charge in [-0.3, -0.25) is 9.88 Å². The van der Waals surface area contributed by atoms with Crippen molar-refractivity contribution in [2.24, 2.45) is 5.92 Å². The largest absolute Gasteiger partial charge is 0.311 e. The van der Waals surface area contributed by atoms with Crippen molar-refractivity contribution in [3.05, 3.63) is 29.8 Å². The Morgan fingerprint density at radius 2 is 2.20 bits per heavy atom. The highest BCUT2D eigenvalue weighted by molar-refractivity contribution is 5.11. The number of hydrogen-bond donors (Lipinski definition) is 1. The van der Waals surface area contributed by atoms with Gasteiger partial charge in [0.25, 0.3) is 0 Å². The molecular formula is C16H26FN3. The first kappa shape index (κ1) is 15.4. The number of hydrogen-bond acceptors (Lipinski definition) is 3. The molecule has 4 heteroatoms. The number of aromatic nitrogens is 1. The molecule has 1 aromatic rings. The molecule has 20 heavy (non-hydrogen) atoms. The van der Waals surface area contributed by atoms with E-state index in [1.165, 1.54) is 12.6 Å². The van der Waals surface area contributed by atoms with Crippen molar-refractivity contribution in [1.82, 2.24) is 15.2 Å². The molecule has 0 spiro atoms. The second-order valence-corrected chi connectivity index (χ2v) is 6.91. The summed E-state index contributed by atoms with van der Waals surface area (Å²) < 4.78 is 13.3. The number of nitrogens with one attached hydrogen (secondary N) is 1. The highest BCUT2D eigenvalue weighted by atomic mass is 19.1. The molecule has 2 rings (SSSR count). The third-order valence-electron chi connectivity index (χ3n) is 4.01. The standard InChI is InChI=1S/C16H26FN3/c1-12(2)5-15-10-20(16(3,4)11-19-15)9-13-6-14(17)8-18-7-13/h6-8,12,15,19H,5,9-11H2,1-4H3.